The summed E-state index contributed by atoms with van der Waals surface area (Å²) in [5.41, 5.74) is 1.41. The van der Waals surface area contributed by atoms with E-state index in [0.29, 0.717) is 24.3 Å². The highest BCUT2D eigenvalue weighted by atomic mass is 16.2. The molecular formula is C19H22N4O2. The first-order valence-electron chi connectivity index (χ1n) is 8.56. The Kier molecular flexibility index (Phi) is 5.61. The lowest BCUT2D eigenvalue weighted by molar-refractivity contribution is -0.115. The first-order valence-corrected chi connectivity index (χ1v) is 8.56. The first kappa shape index (κ1) is 17.0. The maximum absolute atomic E-state index is 12.4. The highest BCUT2D eigenvalue weighted by Gasteiger charge is 2.19. The topological polar surface area (TPSA) is 74.3 Å². The van der Waals surface area contributed by atoms with Gasteiger partial charge >= 0.3 is 0 Å². The third-order valence-corrected chi connectivity index (χ3v) is 4.12. The molecule has 6 nitrogen and oxygen atoms in total. The van der Waals surface area contributed by atoms with Crippen molar-refractivity contribution in [2.45, 2.75) is 19.3 Å². The molecule has 1 aromatic carbocycles. The number of anilines is 2. The van der Waals surface area contributed by atoms with Crippen LogP contribution in [0.5, 0.6) is 0 Å². The van der Waals surface area contributed by atoms with Crippen LogP contribution in [0.2, 0.25) is 0 Å². The molecular weight excluding hydrogens is 316 g/mol. The van der Waals surface area contributed by atoms with Gasteiger partial charge in [0.2, 0.25) is 5.91 Å². The summed E-state index contributed by atoms with van der Waals surface area (Å²) in [6.45, 7) is 2.10. The van der Waals surface area contributed by atoms with Gasteiger partial charge in [-0.1, -0.05) is 18.2 Å². The predicted octanol–water partition coefficient (Wildman–Crippen LogP) is 2.76. The van der Waals surface area contributed by atoms with Crippen LogP contribution in [-0.2, 0) is 4.79 Å². The van der Waals surface area contributed by atoms with Gasteiger partial charge in [-0.2, -0.15) is 0 Å². The molecule has 2 amide bonds. The molecule has 0 aliphatic carbocycles. The van der Waals surface area contributed by atoms with Crippen molar-refractivity contribution in [2.24, 2.45) is 0 Å². The zero-order chi connectivity index (χ0) is 17.5. The summed E-state index contributed by atoms with van der Waals surface area (Å²) in [5, 5.41) is 5.94. The third kappa shape index (κ3) is 4.79. The Balaban J connectivity index is 1.49. The molecule has 2 N–H and O–H groups in total. The van der Waals surface area contributed by atoms with Gasteiger partial charge in [-0.25, -0.2) is 4.98 Å². The van der Waals surface area contributed by atoms with Gasteiger partial charge in [-0.15, -0.1) is 0 Å². The van der Waals surface area contributed by atoms with Crippen molar-refractivity contribution in [1.82, 2.24) is 9.88 Å². The van der Waals surface area contributed by atoms with Gasteiger partial charge in [0.1, 0.15) is 5.82 Å². The molecule has 0 unspecified atom stereocenters. The van der Waals surface area contributed by atoms with Crippen LogP contribution in [-0.4, -0.2) is 41.3 Å². The van der Waals surface area contributed by atoms with Crippen molar-refractivity contribution < 1.29 is 9.59 Å². The summed E-state index contributed by atoms with van der Waals surface area (Å²) < 4.78 is 0. The zero-order valence-corrected chi connectivity index (χ0v) is 14.1. The summed E-state index contributed by atoms with van der Waals surface area (Å²) in [6, 6.07) is 12.8. The number of likely N-dealkylation sites (tertiary alicyclic amines) is 1. The van der Waals surface area contributed by atoms with Crippen LogP contribution in [0.15, 0.2) is 48.7 Å². The number of hydrogen-bond acceptors (Lipinski definition) is 4. The number of nitrogens with zero attached hydrogens (tertiary/aromatic N) is 2. The number of aromatic nitrogens is 1. The molecule has 1 aliphatic rings. The Labute approximate surface area is 147 Å². The van der Waals surface area contributed by atoms with E-state index < -0.39 is 0 Å². The number of benzene rings is 1. The van der Waals surface area contributed by atoms with Crippen molar-refractivity contribution >= 4 is 23.3 Å². The molecule has 1 fully saturated rings. The van der Waals surface area contributed by atoms with Gasteiger partial charge in [0.25, 0.3) is 5.91 Å². The minimum absolute atomic E-state index is 0.0461. The number of amides is 2. The predicted molar refractivity (Wildman–Crippen MR) is 97.6 cm³/mol. The number of rotatable bonds is 6. The van der Waals surface area contributed by atoms with Gasteiger partial charge in [-0.05, 0) is 37.1 Å². The average molecular weight is 338 g/mol. The second-order valence-electron chi connectivity index (χ2n) is 6.02. The molecule has 0 saturated carbocycles. The number of hydrogen-bond donors (Lipinski definition) is 2. The highest BCUT2D eigenvalue weighted by Crippen LogP contribution is 2.14. The van der Waals surface area contributed by atoms with E-state index >= 15 is 0 Å². The first-order chi connectivity index (χ1) is 12.2. The van der Waals surface area contributed by atoms with E-state index in [2.05, 4.69) is 15.6 Å². The largest absolute Gasteiger partial charge is 0.370 e. The molecule has 6 heteroatoms. The summed E-state index contributed by atoms with van der Waals surface area (Å²) in [5.74, 6) is 0.588. The molecule has 1 aliphatic heterocycles. The second kappa shape index (κ2) is 8.28. The Hall–Kier alpha value is -2.89. The Morgan fingerprint density at radius 2 is 1.84 bits per heavy atom. The number of pyridine rings is 1. The summed E-state index contributed by atoms with van der Waals surface area (Å²) in [7, 11) is 0. The average Bonchev–Trinajstić information content (AvgIpc) is 3.17. The molecule has 1 aromatic heterocycles. The molecule has 0 atom stereocenters. The maximum Gasteiger partial charge on any atom is 0.254 e. The molecule has 0 spiro atoms. The number of para-hydroxylation sites is 1. The maximum atomic E-state index is 12.4. The van der Waals surface area contributed by atoms with E-state index in [1.807, 2.05) is 35.2 Å². The molecule has 25 heavy (non-hydrogen) atoms. The fraction of sp³-hybridized carbons (Fsp3) is 0.316. The monoisotopic (exact) mass is 338 g/mol. The van der Waals surface area contributed by atoms with Gasteiger partial charge < -0.3 is 15.5 Å². The van der Waals surface area contributed by atoms with Crippen LogP contribution < -0.4 is 10.6 Å². The van der Waals surface area contributed by atoms with Crippen molar-refractivity contribution in [2.75, 3.05) is 30.3 Å². The van der Waals surface area contributed by atoms with E-state index in [1.54, 1.807) is 18.3 Å². The van der Waals surface area contributed by atoms with Crippen LogP contribution in [0.25, 0.3) is 0 Å². The van der Waals surface area contributed by atoms with Gasteiger partial charge in [0.15, 0.2) is 0 Å². The van der Waals surface area contributed by atoms with E-state index in [4.69, 9.17) is 0 Å². The molecule has 2 heterocycles. The normalized spacial score (nSPS) is 13.5. The second-order valence-corrected chi connectivity index (χ2v) is 6.02. The minimum atomic E-state index is -0.0667. The van der Waals surface area contributed by atoms with Crippen LogP contribution in [0.3, 0.4) is 0 Å². The standard InChI is InChI=1S/C19H22N4O2/c24-18(22-16-6-2-1-3-7-16)9-11-21-17-14-15(8-10-20-17)19(25)23-12-4-5-13-23/h1-3,6-8,10,14H,4-5,9,11-13H2,(H,20,21)(H,22,24). The number of carbonyl (C=O) groups excluding carboxylic acids is 2. The highest BCUT2D eigenvalue weighted by molar-refractivity contribution is 5.95. The fourth-order valence-electron chi connectivity index (χ4n) is 2.81. The number of carbonyl (C=O) groups is 2. The summed E-state index contributed by atoms with van der Waals surface area (Å²) in [4.78, 5) is 30.4. The molecule has 2 aromatic rings. The van der Waals surface area contributed by atoms with Gasteiger partial charge in [0, 0.05) is 43.5 Å². The van der Waals surface area contributed by atoms with Crippen LogP contribution >= 0.6 is 0 Å². The Morgan fingerprint density at radius 3 is 2.60 bits per heavy atom. The molecule has 0 radical (unpaired) electrons. The lowest BCUT2D eigenvalue weighted by atomic mass is 10.2. The smallest absolute Gasteiger partial charge is 0.254 e. The Morgan fingerprint density at radius 1 is 1.08 bits per heavy atom. The van der Waals surface area contributed by atoms with Crippen LogP contribution in [0.1, 0.15) is 29.6 Å². The third-order valence-electron chi connectivity index (χ3n) is 4.12. The SMILES string of the molecule is O=C(CCNc1cc(C(=O)N2CCCC2)ccn1)Nc1ccccc1. The lowest BCUT2D eigenvalue weighted by Gasteiger charge is -2.15. The van der Waals surface area contributed by atoms with E-state index in [9.17, 15) is 9.59 Å². The van der Waals surface area contributed by atoms with Gasteiger partial charge in [0.05, 0.1) is 0 Å². The van der Waals surface area contributed by atoms with Crippen molar-refractivity contribution in [1.29, 1.82) is 0 Å². The molecule has 1 saturated heterocycles. The van der Waals surface area contributed by atoms with Crippen molar-refractivity contribution in [3.63, 3.8) is 0 Å². The zero-order valence-electron chi connectivity index (χ0n) is 14.1. The number of nitrogens with one attached hydrogen (secondary N) is 2. The fourth-order valence-corrected chi connectivity index (χ4v) is 2.81. The van der Waals surface area contributed by atoms with Crippen molar-refractivity contribution in [3.05, 3.63) is 54.2 Å². The van der Waals surface area contributed by atoms with Crippen molar-refractivity contribution in [3.8, 4) is 0 Å². The molecule has 130 valence electrons. The summed E-state index contributed by atoms with van der Waals surface area (Å²) >= 11 is 0. The van der Waals surface area contributed by atoms with E-state index in [1.165, 1.54) is 0 Å². The van der Waals surface area contributed by atoms with Crippen LogP contribution in [0, 0.1) is 0 Å². The van der Waals surface area contributed by atoms with Crippen LogP contribution in [0.4, 0.5) is 11.5 Å². The molecule has 0 bridgehead atoms. The van der Waals surface area contributed by atoms with Gasteiger partial charge in [-0.3, -0.25) is 9.59 Å². The summed E-state index contributed by atoms with van der Waals surface area (Å²) in [6.07, 6.45) is 4.08. The van der Waals surface area contributed by atoms with E-state index in [-0.39, 0.29) is 11.8 Å². The Bertz CT molecular complexity index is 727. The minimum Gasteiger partial charge on any atom is -0.370 e. The lowest BCUT2D eigenvalue weighted by Crippen LogP contribution is -2.27. The molecule has 3 rings (SSSR count). The van der Waals surface area contributed by atoms with E-state index in [0.717, 1.165) is 31.6 Å². The quantitative estimate of drug-likeness (QED) is 0.849.